The van der Waals surface area contributed by atoms with Crippen molar-refractivity contribution in [3.8, 4) is 0 Å². The Hall–Kier alpha value is -0.743. The molecule has 0 aromatic heterocycles. The molecule has 0 heterocycles. The third-order valence-corrected chi connectivity index (χ3v) is 15.9. The second kappa shape index (κ2) is 85.7. The van der Waals surface area contributed by atoms with E-state index in [9.17, 15) is 39.6 Å². The average molecular weight is 1270 g/mol. The molecule has 9 heteroatoms. The van der Waals surface area contributed by atoms with Crippen molar-refractivity contribution < 1.29 is 81.4 Å². The fraction of sp³-hybridized carbons (Fsp3) is 0.944. The predicted molar refractivity (Wildman–Crippen MR) is 338 cm³/mol. The van der Waals surface area contributed by atoms with Gasteiger partial charge in [-0.05, 0) is 51.4 Å². The molecule has 0 saturated carbocycles. The number of carboxylic acid groups (broad SMARTS) is 4. The molecule has 0 amide bonds. The van der Waals surface area contributed by atoms with E-state index in [1.165, 1.54) is 334 Å². The van der Waals surface area contributed by atoms with E-state index < -0.39 is 23.9 Å². The van der Waals surface area contributed by atoms with Crippen LogP contribution in [0.15, 0.2) is 0 Å². The Morgan fingerprint density at radius 3 is 0.309 bits per heavy atom. The second-order valence-electron chi connectivity index (χ2n) is 24.3. The fourth-order valence-corrected chi connectivity index (χ4v) is 10.6. The maximum atomic E-state index is 10.2. The van der Waals surface area contributed by atoms with E-state index >= 15 is 0 Å². The van der Waals surface area contributed by atoms with E-state index in [4.69, 9.17) is 0 Å². The molecule has 0 aliphatic heterocycles. The number of carboxylic acids is 4. The van der Waals surface area contributed by atoms with Crippen LogP contribution in [0.25, 0.3) is 0 Å². The van der Waals surface area contributed by atoms with Gasteiger partial charge < -0.3 is 39.6 Å². The summed E-state index contributed by atoms with van der Waals surface area (Å²) in [6.07, 6.45) is 79.4. The Morgan fingerprint density at radius 1 is 0.160 bits per heavy atom. The quantitative estimate of drug-likeness (QED) is 0.0544. The molecule has 0 bridgehead atoms. The number of hydrogen-bond acceptors (Lipinski definition) is 8. The summed E-state index contributed by atoms with van der Waals surface area (Å²) in [6, 6.07) is 0. The van der Waals surface area contributed by atoms with Crippen molar-refractivity contribution in [1.29, 1.82) is 0 Å². The van der Waals surface area contributed by atoms with Crippen molar-refractivity contribution in [2.75, 3.05) is 0 Å². The minimum Gasteiger partial charge on any atom is -0.550 e. The third kappa shape index (κ3) is 105. The largest absolute Gasteiger partial charge is 4.00 e. The van der Waals surface area contributed by atoms with Crippen molar-refractivity contribution in [3.63, 3.8) is 0 Å². The molecule has 0 unspecified atom stereocenters. The zero-order chi connectivity index (χ0) is 59.6. The molecule has 0 spiro atoms. The van der Waals surface area contributed by atoms with Gasteiger partial charge in [0.1, 0.15) is 0 Å². The molecule has 0 aliphatic carbocycles. The zero-order valence-corrected chi connectivity index (χ0v) is 58.2. The van der Waals surface area contributed by atoms with Crippen molar-refractivity contribution in [1.82, 2.24) is 0 Å². The number of aliphatic carboxylic acids is 4. The van der Waals surface area contributed by atoms with E-state index in [1.807, 2.05) is 0 Å². The van der Waals surface area contributed by atoms with Crippen molar-refractivity contribution >= 4 is 23.9 Å². The molecule has 0 rings (SSSR count). The molecule has 0 aliphatic rings. The molecule has 480 valence electrons. The number of rotatable bonds is 64. The van der Waals surface area contributed by atoms with Crippen LogP contribution in [-0.2, 0) is 19.2 Å². The smallest absolute Gasteiger partial charge is 0.550 e. The fourth-order valence-electron chi connectivity index (χ4n) is 10.6. The Kier molecular flexibility index (Phi) is 94.2. The van der Waals surface area contributed by atoms with E-state index in [1.54, 1.807) is 0 Å². The summed E-state index contributed by atoms with van der Waals surface area (Å²) in [5, 5.41) is 40.9. The van der Waals surface area contributed by atoms with Gasteiger partial charge in [0.25, 0.3) is 0 Å². The van der Waals surface area contributed by atoms with Crippen LogP contribution in [0, 0.1) is 41.7 Å². The molecule has 0 saturated heterocycles. The molecule has 0 atom stereocenters. The molecule has 8 nitrogen and oxygen atoms in total. The summed E-state index contributed by atoms with van der Waals surface area (Å²) in [4.78, 5) is 40.9. The summed E-state index contributed by atoms with van der Waals surface area (Å²) in [7, 11) is 0. The van der Waals surface area contributed by atoms with Crippen LogP contribution >= 0.6 is 0 Å². The number of unbranched alkanes of at least 4 members (excludes halogenated alkanes) is 56. The van der Waals surface area contributed by atoms with Gasteiger partial charge in [0.2, 0.25) is 0 Å². The first-order valence-corrected chi connectivity index (χ1v) is 35.9. The van der Waals surface area contributed by atoms with Gasteiger partial charge in [0, 0.05) is 23.9 Å². The van der Waals surface area contributed by atoms with Crippen LogP contribution < -0.4 is 20.4 Å². The van der Waals surface area contributed by atoms with Crippen molar-refractivity contribution in [3.05, 3.63) is 0 Å². The van der Waals surface area contributed by atoms with Crippen LogP contribution in [0.4, 0.5) is 0 Å². The van der Waals surface area contributed by atoms with Crippen molar-refractivity contribution in [2.24, 2.45) is 0 Å². The number of carbonyl (C=O) groups excluding carboxylic acids is 4. The van der Waals surface area contributed by atoms with Gasteiger partial charge in [-0.1, -0.05) is 387 Å². The predicted octanol–water partition coefficient (Wildman–Crippen LogP) is 20.0. The van der Waals surface area contributed by atoms with Gasteiger partial charge in [0.15, 0.2) is 0 Å². The Balaban J connectivity index is -0.000000316. The molecular formula is C72H140CeO8. The van der Waals surface area contributed by atoms with Crippen LogP contribution in [-0.4, -0.2) is 23.9 Å². The summed E-state index contributed by atoms with van der Waals surface area (Å²) in [6.45, 7) is 9.07. The Bertz CT molecular complexity index is 990. The van der Waals surface area contributed by atoms with E-state index in [0.717, 1.165) is 51.4 Å². The molecule has 0 N–H and O–H groups in total. The summed E-state index contributed by atoms with van der Waals surface area (Å²) in [5.74, 6) is -3.61. The van der Waals surface area contributed by atoms with Gasteiger partial charge in [0.05, 0.1) is 0 Å². The standard InChI is InChI=1S/4C18H36O2.Ce/c4*1-2-3-4-5-6-7-8-9-10-11-12-13-14-15-16-17-18(19)20;/h4*2-17H2,1H3,(H,19,20);/q;;;;+4/p-4. The van der Waals surface area contributed by atoms with Crippen LogP contribution in [0.3, 0.4) is 0 Å². The first kappa shape index (κ1) is 89.0. The van der Waals surface area contributed by atoms with Gasteiger partial charge in [-0.2, -0.15) is 0 Å². The van der Waals surface area contributed by atoms with Gasteiger partial charge in [-0.15, -0.1) is 0 Å². The SMILES string of the molecule is CCCCCCCCCCCCCCCCCC(=O)[O-].CCCCCCCCCCCCCCCCCC(=O)[O-].CCCCCCCCCCCCCCCCCC(=O)[O-].CCCCCCCCCCCCCCCCCC(=O)[O-].[Ce+4]. The molecule has 0 fully saturated rings. The number of carbonyl (C=O) groups is 4. The molecule has 0 radical (unpaired) electrons. The molecule has 0 aromatic rings. The van der Waals surface area contributed by atoms with E-state index in [2.05, 4.69) is 27.7 Å². The van der Waals surface area contributed by atoms with Gasteiger partial charge >= 0.3 is 41.7 Å². The summed E-state index contributed by atoms with van der Waals surface area (Å²) in [5.41, 5.74) is 0. The zero-order valence-electron chi connectivity index (χ0n) is 55.0. The van der Waals surface area contributed by atoms with E-state index in [0.29, 0.717) is 0 Å². The monoisotopic (exact) mass is 1270 g/mol. The average Bonchev–Trinajstić information content (AvgIpc) is 3.43. The van der Waals surface area contributed by atoms with Crippen LogP contribution in [0.2, 0.25) is 0 Å². The summed E-state index contributed by atoms with van der Waals surface area (Å²) < 4.78 is 0. The van der Waals surface area contributed by atoms with Crippen molar-refractivity contribution in [2.45, 2.75) is 439 Å². The maximum absolute atomic E-state index is 10.2. The normalized spacial score (nSPS) is 10.7. The molecule has 81 heavy (non-hydrogen) atoms. The Labute approximate surface area is 539 Å². The van der Waals surface area contributed by atoms with Crippen LogP contribution in [0.1, 0.15) is 439 Å². The second-order valence-corrected chi connectivity index (χ2v) is 24.3. The first-order chi connectivity index (χ1) is 39.1. The minimum absolute atomic E-state index is 0. The summed E-state index contributed by atoms with van der Waals surface area (Å²) >= 11 is 0. The molecular weight excluding hydrogens is 1130 g/mol. The van der Waals surface area contributed by atoms with Gasteiger partial charge in [-0.25, -0.2) is 0 Å². The van der Waals surface area contributed by atoms with E-state index in [-0.39, 0.29) is 67.4 Å². The maximum Gasteiger partial charge on any atom is 4.00 e. The van der Waals surface area contributed by atoms with Crippen LogP contribution in [0.5, 0.6) is 0 Å². The van der Waals surface area contributed by atoms with Gasteiger partial charge in [-0.3, -0.25) is 0 Å². The topological polar surface area (TPSA) is 161 Å². The molecule has 0 aromatic carbocycles. The first-order valence-electron chi connectivity index (χ1n) is 35.9. The minimum atomic E-state index is -0.903. The third-order valence-electron chi connectivity index (χ3n) is 15.9. The Morgan fingerprint density at radius 2 is 0.235 bits per heavy atom. The number of hydrogen-bond donors (Lipinski definition) is 0.